The summed E-state index contributed by atoms with van der Waals surface area (Å²) in [7, 11) is -2.45. The van der Waals surface area contributed by atoms with Crippen molar-refractivity contribution in [1.82, 2.24) is 4.98 Å². The first kappa shape index (κ1) is 17.3. The molecule has 26 heavy (non-hydrogen) atoms. The minimum atomic E-state index is -3.88. The first-order valence-electron chi connectivity index (χ1n) is 8.48. The van der Waals surface area contributed by atoms with E-state index in [1.54, 1.807) is 17.0 Å². The SMILES string of the molecule is COc1ccc(N2CCCC2=O)cc1S(=O)(=O)Nc1nc2c(s1)CCC2. The highest BCUT2D eigenvalue weighted by Crippen LogP contribution is 2.35. The Labute approximate surface area is 156 Å². The molecular weight excluding hydrogens is 374 g/mol. The van der Waals surface area contributed by atoms with E-state index in [0.717, 1.165) is 36.3 Å². The van der Waals surface area contributed by atoms with Gasteiger partial charge < -0.3 is 9.64 Å². The Balaban J connectivity index is 1.68. The number of rotatable bonds is 5. The molecule has 4 rings (SSSR count). The number of carbonyl (C=O) groups is 1. The van der Waals surface area contributed by atoms with Gasteiger partial charge in [-0.15, -0.1) is 11.3 Å². The number of aryl methyl sites for hydroxylation is 2. The van der Waals surface area contributed by atoms with Gasteiger partial charge in [0.05, 0.1) is 12.8 Å². The molecule has 138 valence electrons. The molecule has 2 heterocycles. The highest BCUT2D eigenvalue weighted by Gasteiger charge is 2.27. The summed E-state index contributed by atoms with van der Waals surface area (Å²) in [5, 5.41) is 0.374. The molecule has 2 aromatic rings. The monoisotopic (exact) mass is 393 g/mol. The molecule has 1 aromatic carbocycles. The van der Waals surface area contributed by atoms with E-state index in [-0.39, 0.29) is 16.6 Å². The van der Waals surface area contributed by atoms with E-state index >= 15 is 0 Å². The maximum absolute atomic E-state index is 12.9. The second kappa shape index (κ2) is 6.55. The standard InChI is InChI=1S/C17H19N3O4S2/c1-24-13-8-7-11(20-9-3-6-16(20)21)10-15(13)26(22,23)19-17-18-12-4-2-5-14(12)25-17/h7-8,10H,2-6,9H2,1H3,(H,18,19). The summed E-state index contributed by atoms with van der Waals surface area (Å²) in [4.78, 5) is 19.1. The number of hydrogen-bond acceptors (Lipinski definition) is 6. The van der Waals surface area contributed by atoms with Crippen LogP contribution >= 0.6 is 11.3 Å². The van der Waals surface area contributed by atoms with Gasteiger partial charge in [-0.2, -0.15) is 0 Å². The van der Waals surface area contributed by atoms with E-state index < -0.39 is 10.0 Å². The van der Waals surface area contributed by atoms with Crippen LogP contribution in [0, 0.1) is 0 Å². The number of ether oxygens (including phenoxy) is 1. The Kier molecular flexibility index (Phi) is 4.36. The third-order valence-corrected chi connectivity index (χ3v) is 7.20. The second-order valence-electron chi connectivity index (χ2n) is 6.33. The van der Waals surface area contributed by atoms with Crippen LogP contribution in [0.1, 0.15) is 29.8 Å². The molecule has 0 atom stereocenters. The number of nitrogens with one attached hydrogen (secondary N) is 1. The van der Waals surface area contributed by atoms with Crippen LogP contribution in [0.4, 0.5) is 10.8 Å². The molecular formula is C17H19N3O4S2. The van der Waals surface area contributed by atoms with E-state index in [1.165, 1.54) is 24.5 Å². The predicted octanol–water partition coefficient (Wildman–Crippen LogP) is 2.57. The summed E-state index contributed by atoms with van der Waals surface area (Å²) in [6, 6.07) is 4.78. The fraction of sp³-hybridized carbons (Fsp3) is 0.412. The zero-order valence-corrected chi connectivity index (χ0v) is 16.0. The van der Waals surface area contributed by atoms with Crippen molar-refractivity contribution in [3.05, 3.63) is 28.8 Å². The predicted molar refractivity (Wildman–Crippen MR) is 99.5 cm³/mol. The zero-order valence-electron chi connectivity index (χ0n) is 14.3. The van der Waals surface area contributed by atoms with Gasteiger partial charge in [-0.3, -0.25) is 9.52 Å². The molecule has 1 amide bonds. The first-order valence-corrected chi connectivity index (χ1v) is 10.8. The second-order valence-corrected chi connectivity index (χ2v) is 9.07. The lowest BCUT2D eigenvalue weighted by Crippen LogP contribution is -2.24. The van der Waals surface area contributed by atoms with Crippen LogP contribution in [0.15, 0.2) is 23.1 Å². The first-order chi connectivity index (χ1) is 12.5. The number of nitrogens with zero attached hydrogens (tertiary/aromatic N) is 2. The molecule has 7 nitrogen and oxygen atoms in total. The topological polar surface area (TPSA) is 88.6 Å². The number of hydrogen-bond donors (Lipinski definition) is 1. The number of anilines is 2. The van der Waals surface area contributed by atoms with Gasteiger partial charge in [0.25, 0.3) is 10.0 Å². The van der Waals surface area contributed by atoms with Crippen molar-refractivity contribution in [2.45, 2.75) is 37.0 Å². The summed E-state index contributed by atoms with van der Waals surface area (Å²) in [6.07, 6.45) is 4.17. The minimum absolute atomic E-state index is 0.00261. The summed E-state index contributed by atoms with van der Waals surface area (Å²) < 4.78 is 33.7. The van der Waals surface area contributed by atoms with Crippen molar-refractivity contribution in [2.24, 2.45) is 0 Å². The Bertz CT molecular complexity index is 947. The molecule has 1 saturated heterocycles. The highest BCUT2D eigenvalue weighted by atomic mass is 32.2. The fourth-order valence-electron chi connectivity index (χ4n) is 3.37. The van der Waals surface area contributed by atoms with Gasteiger partial charge in [-0.1, -0.05) is 0 Å². The van der Waals surface area contributed by atoms with E-state index in [4.69, 9.17) is 4.74 Å². The lowest BCUT2D eigenvalue weighted by molar-refractivity contribution is -0.117. The van der Waals surface area contributed by atoms with Crippen molar-refractivity contribution in [3.63, 3.8) is 0 Å². The van der Waals surface area contributed by atoms with Gasteiger partial charge in [0.15, 0.2) is 5.13 Å². The fourth-order valence-corrected chi connectivity index (χ4v) is 5.84. The van der Waals surface area contributed by atoms with Gasteiger partial charge in [-0.25, -0.2) is 13.4 Å². The molecule has 0 unspecified atom stereocenters. The molecule has 1 aliphatic carbocycles. The molecule has 1 N–H and O–H groups in total. The zero-order chi connectivity index (χ0) is 18.3. The Morgan fingerprint density at radius 3 is 2.77 bits per heavy atom. The van der Waals surface area contributed by atoms with Gasteiger partial charge in [0.1, 0.15) is 10.6 Å². The van der Waals surface area contributed by atoms with Gasteiger partial charge in [0, 0.05) is 23.5 Å². The maximum atomic E-state index is 12.9. The van der Waals surface area contributed by atoms with Crippen molar-refractivity contribution in [2.75, 3.05) is 23.3 Å². The Hall–Kier alpha value is -2.13. The number of fused-ring (bicyclic) bond motifs is 1. The smallest absolute Gasteiger partial charge is 0.267 e. The van der Waals surface area contributed by atoms with Crippen LogP contribution in [-0.2, 0) is 27.7 Å². The average Bonchev–Trinajstić information content (AvgIpc) is 3.30. The van der Waals surface area contributed by atoms with Crippen molar-refractivity contribution < 1.29 is 17.9 Å². The molecule has 0 bridgehead atoms. The van der Waals surface area contributed by atoms with Crippen molar-refractivity contribution in [1.29, 1.82) is 0 Å². The molecule has 1 aliphatic heterocycles. The summed E-state index contributed by atoms with van der Waals surface area (Å²) in [5.41, 5.74) is 1.55. The summed E-state index contributed by atoms with van der Waals surface area (Å²) >= 11 is 1.38. The van der Waals surface area contributed by atoms with E-state index in [0.29, 0.717) is 23.8 Å². The number of amides is 1. The third-order valence-electron chi connectivity index (χ3n) is 4.64. The van der Waals surface area contributed by atoms with Crippen LogP contribution in [-0.4, -0.2) is 33.0 Å². The molecule has 1 fully saturated rings. The molecule has 0 spiro atoms. The number of sulfonamides is 1. The molecule has 0 saturated carbocycles. The number of thiazole rings is 1. The van der Waals surface area contributed by atoms with Gasteiger partial charge >= 0.3 is 0 Å². The molecule has 2 aliphatic rings. The van der Waals surface area contributed by atoms with Crippen LogP contribution < -0.4 is 14.4 Å². The minimum Gasteiger partial charge on any atom is -0.495 e. The van der Waals surface area contributed by atoms with Crippen molar-refractivity contribution >= 4 is 38.1 Å². The Morgan fingerprint density at radius 2 is 2.08 bits per heavy atom. The summed E-state index contributed by atoms with van der Waals surface area (Å²) in [6.45, 7) is 0.595. The average molecular weight is 393 g/mol. The normalized spacial score (nSPS) is 16.8. The Morgan fingerprint density at radius 1 is 1.23 bits per heavy atom. The number of methoxy groups -OCH3 is 1. The third kappa shape index (κ3) is 3.05. The lowest BCUT2D eigenvalue weighted by atomic mass is 10.3. The highest BCUT2D eigenvalue weighted by molar-refractivity contribution is 7.93. The van der Waals surface area contributed by atoms with Gasteiger partial charge in [-0.05, 0) is 43.9 Å². The maximum Gasteiger partial charge on any atom is 0.267 e. The molecule has 1 aromatic heterocycles. The largest absolute Gasteiger partial charge is 0.495 e. The van der Waals surface area contributed by atoms with Crippen molar-refractivity contribution in [3.8, 4) is 5.75 Å². The van der Waals surface area contributed by atoms with E-state index in [9.17, 15) is 13.2 Å². The van der Waals surface area contributed by atoms with Gasteiger partial charge in [0.2, 0.25) is 5.91 Å². The quantitative estimate of drug-likeness (QED) is 0.843. The van der Waals surface area contributed by atoms with E-state index in [2.05, 4.69) is 9.71 Å². The molecule has 9 heteroatoms. The van der Waals surface area contributed by atoms with E-state index in [1.807, 2.05) is 0 Å². The number of aromatic nitrogens is 1. The summed E-state index contributed by atoms with van der Waals surface area (Å²) in [5.74, 6) is 0.236. The van der Waals surface area contributed by atoms with Crippen LogP contribution in [0.2, 0.25) is 0 Å². The van der Waals surface area contributed by atoms with Crippen LogP contribution in [0.5, 0.6) is 5.75 Å². The van der Waals surface area contributed by atoms with Crippen LogP contribution in [0.25, 0.3) is 0 Å². The van der Waals surface area contributed by atoms with Crippen LogP contribution in [0.3, 0.4) is 0 Å². The molecule has 0 radical (unpaired) electrons. The number of benzene rings is 1. The number of carbonyl (C=O) groups excluding carboxylic acids is 1. The lowest BCUT2D eigenvalue weighted by Gasteiger charge is -2.18.